The molecular formula is C5CuFeN5O5. The fourth-order valence-corrected chi connectivity index (χ4v) is 0. The molecule has 0 aliphatic rings. The molecule has 0 aliphatic carbocycles. The molecule has 0 fully saturated rings. The fraction of sp³-hybridized carbons (Fsp3) is 0. The molecule has 0 bridgehead atoms. The Hall–Kier alpha value is -2.06. The van der Waals surface area contributed by atoms with Crippen LogP contribution in [0.4, 0.5) is 0 Å². The molecule has 0 saturated heterocycles. The summed E-state index contributed by atoms with van der Waals surface area (Å²) < 4.78 is 0. The van der Waals surface area contributed by atoms with Gasteiger partial charge in [0, 0.05) is 0 Å². The van der Waals surface area contributed by atoms with Crippen LogP contribution >= 0.6 is 0 Å². The van der Waals surface area contributed by atoms with E-state index in [2.05, 4.69) is 0 Å². The van der Waals surface area contributed by atoms with Gasteiger partial charge in [-0.05, 0) is 30.4 Å². The SMILES string of the molecule is [Cu+2].[Fe+3].[N-]=C=O.[N-]=C=O.[N-]=C=O.[N-]=C=O.[N-]=C=O. The third kappa shape index (κ3) is 468. The van der Waals surface area contributed by atoms with E-state index in [4.69, 9.17) is 51.0 Å². The van der Waals surface area contributed by atoms with Crippen LogP contribution in [0.5, 0.6) is 0 Å². The number of rotatable bonds is 0. The maximum Gasteiger partial charge on any atom is 3.00 e. The number of hydrogen-bond donors (Lipinski definition) is 0. The Morgan fingerprint density at radius 2 is 0.471 bits per heavy atom. The molecule has 10 nitrogen and oxygen atoms in total. The zero-order valence-electron chi connectivity index (χ0n) is 7.43. The molecule has 94 valence electrons. The summed E-state index contributed by atoms with van der Waals surface area (Å²) in [5.41, 5.74) is 0. The summed E-state index contributed by atoms with van der Waals surface area (Å²) in [7, 11) is 0. The van der Waals surface area contributed by atoms with E-state index in [0.717, 1.165) is 0 Å². The van der Waals surface area contributed by atoms with E-state index in [1.807, 2.05) is 0 Å². The number of isocyanates is 5. The van der Waals surface area contributed by atoms with Crippen LogP contribution in [0, 0.1) is 0 Å². The van der Waals surface area contributed by atoms with Crippen LogP contribution < -0.4 is 0 Å². The Morgan fingerprint density at radius 1 is 0.471 bits per heavy atom. The third-order valence-electron chi connectivity index (χ3n) is 0. The first-order valence-corrected chi connectivity index (χ1v) is 2.14. The summed E-state index contributed by atoms with van der Waals surface area (Å²) in [5, 5.41) is 33.8. The Balaban J connectivity index is -0.0000000143. The molecule has 0 heterocycles. The summed E-state index contributed by atoms with van der Waals surface area (Å²) in [5.74, 6) is 0. The van der Waals surface area contributed by atoms with Crippen molar-refractivity contribution in [1.29, 1.82) is 0 Å². The molecule has 0 spiro atoms. The molecule has 0 amide bonds. The topological polar surface area (TPSA) is 197 Å². The summed E-state index contributed by atoms with van der Waals surface area (Å²) in [4.78, 5) is 41.2. The maximum atomic E-state index is 8.24. The summed E-state index contributed by atoms with van der Waals surface area (Å²) in [6.07, 6.45) is 2.50. The predicted octanol–water partition coefficient (Wildman–Crippen LogP) is -0.547. The molecule has 0 rings (SSSR count). The molecule has 0 N–H and O–H groups in total. The summed E-state index contributed by atoms with van der Waals surface area (Å²) in [6.45, 7) is 0. The second-order valence-corrected chi connectivity index (χ2v) is 0.456. The average molecular weight is 329 g/mol. The molecule has 0 atom stereocenters. The number of carbonyl (C=O) groups excluding carboxylic acids is 5. The first-order valence-electron chi connectivity index (χ1n) is 2.14. The van der Waals surface area contributed by atoms with Crippen molar-refractivity contribution in [2.75, 3.05) is 0 Å². The minimum Gasteiger partial charge on any atom is -0.724 e. The van der Waals surface area contributed by atoms with Gasteiger partial charge in [0.1, 0.15) is 0 Å². The maximum absolute atomic E-state index is 8.24. The Labute approximate surface area is 116 Å². The zero-order chi connectivity index (χ0) is 13.5. The molecule has 0 aromatic heterocycles. The van der Waals surface area contributed by atoms with Gasteiger partial charge in [-0.2, -0.15) is 0 Å². The normalized spacial score (nSPS) is 2.35. The quantitative estimate of drug-likeness (QED) is 0.325. The van der Waals surface area contributed by atoms with Crippen molar-refractivity contribution in [2.24, 2.45) is 0 Å². The van der Waals surface area contributed by atoms with Crippen molar-refractivity contribution in [3.8, 4) is 0 Å². The molecule has 0 unspecified atom stereocenters. The van der Waals surface area contributed by atoms with Crippen LogP contribution in [0.3, 0.4) is 0 Å². The van der Waals surface area contributed by atoms with E-state index in [1.54, 1.807) is 0 Å². The van der Waals surface area contributed by atoms with Crippen LogP contribution in [0.25, 0.3) is 27.0 Å². The molecule has 2 radical (unpaired) electrons. The van der Waals surface area contributed by atoms with Gasteiger partial charge < -0.3 is 27.0 Å². The van der Waals surface area contributed by atoms with Gasteiger partial charge in [0.2, 0.25) is 0 Å². The average Bonchev–Trinajstić information content (AvgIpc) is 2.09. The molecule has 12 heteroatoms. The summed E-state index contributed by atoms with van der Waals surface area (Å²) >= 11 is 0. The van der Waals surface area contributed by atoms with Crippen molar-refractivity contribution in [3.05, 3.63) is 27.0 Å². The monoisotopic (exact) mass is 329 g/mol. The van der Waals surface area contributed by atoms with Gasteiger partial charge >= 0.3 is 34.1 Å². The van der Waals surface area contributed by atoms with Crippen molar-refractivity contribution in [1.82, 2.24) is 0 Å². The Kier molecular flexibility index (Phi) is 732. The van der Waals surface area contributed by atoms with Gasteiger partial charge in [-0.3, -0.25) is 24.0 Å². The molecular weight excluding hydrogens is 329 g/mol. The van der Waals surface area contributed by atoms with Crippen LogP contribution in [0.15, 0.2) is 0 Å². The fourth-order valence-electron chi connectivity index (χ4n) is 0. The van der Waals surface area contributed by atoms with Crippen LogP contribution in [-0.4, -0.2) is 30.4 Å². The van der Waals surface area contributed by atoms with Gasteiger partial charge in [0.05, 0.1) is 0 Å². The second kappa shape index (κ2) is 270. The van der Waals surface area contributed by atoms with E-state index in [0.29, 0.717) is 30.4 Å². The van der Waals surface area contributed by atoms with E-state index in [9.17, 15) is 0 Å². The van der Waals surface area contributed by atoms with Gasteiger partial charge in [-0.15, -0.1) is 0 Å². The molecule has 17 heavy (non-hydrogen) atoms. The first kappa shape index (κ1) is 46.1. The van der Waals surface area contributed by atoms with E-state index in [1.165, 1.54) is 0 Å². The summed E-state index contributed by atoms with van der Waals surface area (Å²) in [6, 6.07) is 0. The molecule has 0 saturated carbocycles. The smallest absolute Gasteiger partial charge is 0.724 e. The minimum absolute atomic E-state index is 0. The van der Waals surface area contributed by atoms with E-state index >= 15 is 0 Å². The molecule has 0 aliphatic heterocycles. The van der Waals surface area contributed by atoms with Crippen LogP contribution in [0.1, 0.15) is 0 Å². The van der Waals surface area contributed by atoms with E-state index < -0.39 is 0 Å². The van der Waals surface area contributed by atoms with Crippen LogP contribution in [-0.2, 0) is 58.1 Å². The standard InChI is InChI=1S/5CNO.Cu.Fe/c5*2-1-3;;/q5*-1;+2;+3. The predicted molar refractivity (Wildman–Crippen MR) is 45.3 cm³/mol. The largest absolute Gasteiger partial charge is 3.00 e. The Bertz CT molecular complexity index is 209. The van der Waals surface area contributed by atoms with Crippen molar-refractivity contribution < 1.29 is 58.1 Å². The van der Waals surface area contributed by atoms with Crippen molar-refractivity contribution in [3.63, 3.8) is 0 Å². The molecule has 0 aromatic carbocycles. The van der Waals surface area contributed by atoms with Gasteiger partial charge in [-0.1, -0.05) is 0 Å². The van der Waals surface area contributed by atoms with Gasteiger partial charge in [0.25, 0.3) is 0 Å². The minimum atomic E-state index is 0. The van der Waals surface area contributed by atoms with E-state index in [-0.39, 0.29) is 34.1 Å². The third-order valence-corrected chi connectivity index (χ3v) is 0. The molecule has 0 aromatic rings. The number of hydrogen-bond acceptors (Lipinski definition) is 5. The van der Waals surface area contributed by atoms with Crippen molar-refractivity contribution in [2.45, 2.75) is 0 Å². The Morgan fingerprint density at radius 3 is 0.471 bits per heavy atom. The van der Waals surface area contributed by atoms with Crippen molar-refractivity contribution >= 4 is 30.4 Å². The second-order valence-electron chi connectivity index (χ2n) is 0.456. The first-order chi connectivity index (χ1) is 7.07. The number of nitrogens with zero attached hydrogens (tertiary/aromatic N) is 5. The van der Waals surface area contributed by atoms with Gasteiger partial charge in [-0.25, -0.2) is 0 Å². The zero-order valence-corrected chi connectivity index (χ0v) is 9.48. The van der Waals surface area contributed by atoms with Crippen LogP contribution in [0.2, 0.25) is 0 Å². The van der Waals surface area contributed by atoms with Gasteiger partial charge in [0.15, 0.2) is 0 Å².